The maximum atomic E-state index is 13.0. The highest BCUT2D eigenvalue weighted by Crippen LogP contribution is 2.27. The van der Waals surface area contributed by atoms with E-state index >= 15 is 0 Å². The molecule has 34 heavy (non-hydrogen) atoms. The van der Waals surface area contributed by atoms with Crippen LogP contribution in [0.5, 0.6) is 5.75 Å². The number of amides is 3. The molecule has 2 N–H and O–H groups in total. The van der Waals surface area contributed by atoms with Gasteiger partial charge in [-0.15, -0.1) is 0 Å². The molecule has 1 fully saturated rings. The molecule has 1 heterocycles. The lowest BCUT2D eigenvalue weighted by molar-refractivity contribution is -0.122. The number of para-hydroxylation sites is 2. The van der Waals surface area contributed by atoms with Crippen LogP contribution in [0.2, 0.25) is 0 Å². The third-order valence-electron chi connectivity index (χ3n) is 5.90. The molecule has 174 valence electrons. The van der Waals surface area contributed by atoms with Gasteiger partial charge in [-0.2, -0.15) is 0 Å². The maximum Gasteiger partial charge on any atom is 0.253 e. The number of carbonyl (C=O) groups excluding carboxylic acids is 3. The van der Waals surface area contributed by atoms with Crippen LogP contribution in [0.25, 0.3) is 0 Å². The second-order valence-electron chi connectivity index (χ2n) is 8.27. The van der Waals surface area contributed by atoms with E-state index in [0.717, 1.165) is 16.8 Å². The Bertz CT molecular complexity index is 1210. The zero-order valence-electron chi connectivity index (χ0n) is 19.2. The van der Waals surface area contributed by atoms with Gasteiger partial charge in [0.2, 0.25) is 11.8 Å². The van der Waals surface area contributed by atoms with Gasteiger partial charge in [-0.1, -0.05) is 48.0 Å². The summed E-state index contributed by atoms with van der Waals surface area (Å²) >= 11 is 0. The highest BCUT2D eigenvalue weighted by Gasteiger charge is 2.35. The van der Waals surface area contributed by atoms with Gasteiger partial charge in [0.05, 0.1) is 24.3 Å². The number of rotatable bonds is 7. The van der Waals surface area contributed by atoms with Gasteiger partial charge in [-0.05, 0) is 37.3 Å². The Kier molecular flexibility index (Phi) is 6.92. The quantitative estimate of drug-likeness (QED) is 0.563. The van der Waals surface area contributed by atoms with Crippen molar-refractivity contribution in [2.75, 3.05) is 23.9 Å². The summed E-state index contributed by atoms with van der Waals surface area (Å²) in [7, 11) is 1.58. The van der Waals surface area contributed by atoms with Crippen molar-refractivity contribution in [3.8, 4) is 5.75 Å². The van der Waals surface area contributed by atoms with E-state index in [9.17, 15) is 14.4 Å². The molecule has 0 bridgehead atoms. The van der Waals surface area contributed by atoms with E-state index in [4.69, 9.17) is 4.74 Å². The Morgan fingerprint density at radius 3 is 2.47 bits per heavy atom. The molecule has 7 nitrogen and oxygen atoms in total. The molecule has 7 heteroatoms. The van der Waals surface area contributed by atoms with E-state index in [2.05, 4.69) is 10.6 Å². The molecule has 0 radical (unpaired) electrons. The van der Waals surface area contributed by atoms with Crippen molar-refractivity contribution in [2.45, 2.75) is 19.9 Å². The second kappa shape index (κ2) is 10.2. The minimum Gasteiger partial charge on any atom is -0.496 e. The van der Waals surface area contributed by atoms with Gasteiger partial charge in [0.1, 0.15) is 5.75 Å². The van der Waals surface area contributed by atoms with Crippen LogP contribution < -0.4 is 20.3 Å². The summed E-state index contributed by atoms with van der Waals surface area (Å²) in [5, 5.41) is 5.73. The minimum atomic E-state index is -0.501. The number of hydrogen-bond acceptors (Lipinski definition) is 4. The average molecular weight is 458 g/mol. The topological polar surface area (TPSA) is 87.7 Å². The number of ether oxygens (including phenoxy) is 1. The molecule has 3 amide bonds. The van der Waals surface area contributed by atoms with Crippen molar-refractivity contribution in [3.05, 3.63) is 89.5 Å². The van der Waals surface area contributed by atoms with E-state index in [0.29, 0.717) is 23.5 Å². The number of benzene rings is 3. The van der Waals surface area contributed by atoms with Crippen LogP contribution >= 0.6 is 0 Å². The lowest BCUT2D eigenvalue weighted by atomic mass is 10.1. The molecule has 1 atom stereocenters. The summed E-state index contributed by atoms with van der Waals surface area (Å²) in [5.41, 5.74) is 3.49. The van der Waals surface area contributed by atoms with Crippen molar-refractivity contribution in [1.29, 1.82) is 0 Å². The number of nitrogens with one attached hydrogen (secondary N) is 2. The van der Waals surface area contributed by atoms with Crippen molar-refractivity contribution in [3.63, 3.8) is 0 Å². The van der Waals surface area contributed by atoms with Crippen molar-refractivity contribution in [2.24, 2.45) is 5.92 Å². The molecule has 1 aliphatic rings. The van der Waals surface area contributed by atoms with Gasteiger partial charge in [0.25, 0.3) is 5.91 Å². The van der Waals surface area contributed by atoms with Crippen LogP contribution in [-0.2, 0) is 16.1 Å². The van der Waals surface area contributed by atoms with Gasteiger partial charge < -0.3 is 20.3 Å². The number of aryl methyl sites for hydroxylation is 1. The molecule has 1 saturated heterocycles. The van der Waals surface area contributed by atoms with Crippen molar-refractivity contribution in [1.82, 2.24) is 5.32 Å². The molecule has 3 aromatic rings. The monoisotopic (exact) mass is 457 g/mol. The number of methoxy groups -OCH3 is 1. The molecular formula is C27H27N3O4. The van der Waals surface area contributed by atoms with E-state index in [-0.39, 0.29) is 30.7 Å². The van der Waals surface area contributed by atoms with E-state index < -0.39 is 5.92 Å². The number of hydrogen-bond donors (Lipinski definition) is 2. The predicted molar refractivity (Wildman–Crippen MR) is 131 cm³/mol. The molecule has 0 aliphatic carbocycles. The third-order valence-corrected chi connectivity index (χ3v) is 5.90. The summed E-state index contributed by atoms with van der Waals surface area (Å²) in [6.07, 6.45) is 0.127. The first-order valence-corrected chi connectivity index (χ1v) is 11.1. The first-order chi connectivity index (χ1) is 16.5. The van der Waals surface area contributed by atoms with Gasteiger partial charge in [-0.3, -0.25) is 14.4 Å². The highest BCUT2D eigenvalue weighted by atomic mass is 16.5. The molecule has 3 aromatic carbocycles. The third kappa shape index (κ3) is 5.09. The number of carbonyl (C=O) groups is 3. The molecule has 0 unspecified atom stereocenters. The average Bonchev–Trinajstić information content (AvgIpc) is 3.25. The summed E-state index contributed by atoms with van der Waals surface area (Å²) in [5.74, 6) is -0.503. The normalized spacial score (nSPS) is 15.2. The first kappa shape index (κ1) is 23.0. The fourth-order valence-corrected chi connectivity index (χ4v) is 4.00. The van der Waals surface area contributed by atoms with E-state index in [1.54, 1.807) is 36.3 Å². The Morgan fingerprint density at radius 1 is 1.00 bits per heavy atom. The summed E-state index contributed by atoms with van der Waals surface area (Å²) in [4.78, 5) is 40.1. The predicted octanol–water partition coefficient (Wildman–Crippen LogP) is 3.93. The van der Waals surface area contributed by atoms with Crippen LogP contribution in [0.1, 0.15) is 27.9 Å². The van der Waals surface area contributed by atoms with E-state index in [1.807, 2.05) is 55.5 Å². The van der Waals surface area contributed by atoms with Crippen LogP contribution in [0, 0.1) is 12.8 Å². The molecule has 1 aliphatic heterocycles. The zero-order valence-corrected chi connectivity index (χ0v) is 19.2. The molecule has 0 aromatic heterocycles. The summed E-state index contributed by atoms with van der Waals surface area (Å²) in [6, 6.07) is 21.9. The Labute approximate surface area is 198 Å². The SMILES string of the molecule is COc1ccccc1CNC(=O)c1ccccc1NC(=O)[C@H]1CC(=O)N(c2ccc(C)cc2)C1. The second-order valence-corrected chi connectivity index (χ2v) is 8.27. The van der Waals surface area contributed by atoms with Crippen LogP contribution in [0.3, 0.4) is 0 Å². The summed E-state index contributed by atoms with van der Waals surface area (Å²) in [6.45, 7) is 2.57. The highest BCUT2D eigenvalue weighted by molar-refractivity contribution is 6.07. The standard InChI is InChI=1S/C27H27N3O4/c1-18-11-13-21(14-12-18)30-17-20(15-25(30)31)26(32)29-23-9-5-4-8-22(23)27(33)28-16-19-7-3-6-10-24(19)34-2/h3-14,20H,15-17H2,1-2H3,(H,28,33)(H,29,32)/t20-/m0/s1. The van der Waals surface area contributed by atoms with Crippen molar-refractivity contribution >= 4 is 29.1 Å². The van der Waals surface area contributed by atoms with E-state index in [1.165, 1.54) is 0 Å². The smallest absolute Gasteiger partial charge is 0.253 e. The fourth-order valence-electron chi connectivity index (χ4n) is 4.00. The molecule has 0 saturated carbocycles. The van der Waals surface area contributed by atoms with Gasteiger partial charge in [-0.25, -0.2) is 0 Å². The van der Waals surface area contributed by atoms with Crippen LogP contribution in [0.4, 0.5) is 11.4 Å². The van der Waals surface area contributed by atoms with Crippen LogP contribution in [0.15, 0.2) is 72.8 Å². The van der Waals surface area contributed by atoms with Crippen molar-refractivity contribution < 1.29 is 19.1 Å². The Morgan fingerprint density at radius 2 is 1.71 bits per heavy atom. The molecular weight excluding hydrogens is 430 g/mol. The Balaban J connectivity index is 1.42. The number of anilines is 2. The molecule has 0 spiro atoms. The lowest BCUT2D eigenvalue weighted by Gasteiger charge is -2.17. The maximum absolute atomic E-state index is 13.0. The zero-order chi connectivity index (χ0) is 24.1. The number of nitrogens with zero attached hydrogens (tertiary/aromatic N) is 1. The Hall–Kier alpha value is -4.13. The lowest BCUT2D eigenvalue weighted by Crippen LogP contribution is -2.29. The van der Waals surface area contributed by atoms with Gasteiger partial charge in [0, 0.05) is 30.8 Å². The van der Waals surface area contributed by atoms with Crippen LogP contribution in [-0.4, -0.2) is 31.4 Å². The fraction of sp³-hybridized carbons (Fsp3) is 0.222. The largest absolute Gasteiger partial charge is 0.496 e. The van der Waals surface area contributed by atoms with Gasteiger partial charge in [0.15, 0.2) is 0 Å². The first-order valence-electron chi connectivity index (χ1n) is 11.1. The minimum absolute atomic E-state index is 0.0909. The molecule has 4 rings (SSSR count). The summed E-state index contributed by atoms with van der Waals surface area (Å²) < 4.78 is 5.33. The van der Waals surface area contributed by atoms with Gasteiger partial charge >= 0.3 is 0 Å².